The molecule has 0 N–H and O–H groups in total. The lowest BCUT2D eigenvalue weighted by atomic mass is 10.1. The maximum Gasteiger partial charge on any atom is 0.178 e. The van der Waals surface area contributed by atoms with Crippen LogP contribution >= 0.6 is 0 Å². The van der Waals surface area contributed by atoms with Gasteiger partial charge < -0.3 is 0 Å². The van der Waals surface area contributed by atoms with E-state index < -0.39 is 0 Å². The summed E-state index contributed by atoms with van der Waals surface area (Å²) in [6.07, 6.45) is 0. The molecule has 0 aliphatic rings. The van der Waals surface area contributed by atoms with E-state index in [4.69, 9.17) is 0 Å². The van der Waals surface area contributed by atoms with Gasteiger partial charge in [0.2, 0.25) is 0 Å². The zero-order chi connectivity index (χ0) is 9.30. The van der Waals surface area contributed by atoms with Gasteiger partial charge in [-0.25, -0.2) is 4.98 Å². The molecule has 0 aromatic carbocycles. The van der Waals surface area contributed by atoms with Crippen molar-refractivity contribution in [2.75, 3.05) is 0 Å². The fraction of sp³-hybridized carbons (Fsp3) is 0.400. The second-order valence-electron chi connectivity index (χ2n) is 3.09. The highest BCUT2D eigenvalue weighted by Crippen LogP contribution is 2.11. The summed E-state index contributed by atoms with van der Waals surface area (Å²) < 4.78 is 0. The molecule has 2 nitrogen and oxygen atoms in total. The van der Waals surface area contributed by atoms with Gasteiger partial charge in [-0.15, -0.1) is 0 Å². The average molecular weight is 163 g/mol. The zero-order valence-electron chi connectivity index (χ0n) is 7.93. The fourth-order valence-corrected chi connectivity index (χ4v) is 1.08. The molecule has 1 aromatic heterocycles. The maximum absolute atomic E-state index is 11.0. The summed E-state index contributed by atoms with van der Waals surface area (Å²) in [5, 5.41) is 0. The summed E-state index contributed by atoms with van der Waals surface area (Å²) in [5.41, 5.74) is 3.81. The highest BCUT2D eigenvalue weighted by atomic mass is 16.1. The summed E-state index contributed by atoms with van der Waals surface area (Å²) in [5.74, 6) is 0.0289. The number of rotatable bonds is 1. The van der Waals surface area contributed by atoms with E-state index in [0.29, 0.717) is 5.69 Å². The van der Waals surface area contributed by atoms with E-state index in [2.05, 4.69) is 4.98 Å². The Balaban J connectivity index is 3.31. The van der Waals surface area contributed by atoms with E-state index in [-0.39, 0.29) is 5.78 Å². The minimum Gasteiger partial charge on any atom is -0.293 e. The van der Waals surface area contributed by atoms with Gasteiger partial charge in [-0.1, -0.05) is 0 Å². The second kappa shape index (κ2) is 3.05. The maximum atomic E-state index is 11.0. The van der Waals surface area contributed by atoms with Crippen LogP contribution in [0.4, 0.5) is 0 Å². The number of ketones is 1. The van der Waals surface area contributed by atoms with Crippen molar-refractivity contribution in [1.29, 1.82) is 0 Å². The van der Waals surface area contributed by atoms with Gasteiger partial charge >= 0.3 is 0 Å². The first-order valence-corrected chi connectivity index (χ1v) is 3.98. The number of aryl methyl sites for hydroxylation is 2. The van der Waals surface area contributed by atoms with Gasteiger partial charge in [0.1, 0.15) is 5.69 Å². The van der Waals surface area contributed by atoms with Crippen LogP contribution in [0.5, 0.6) is 0 Å². The first-order valence-electron chi connectivity index (χ1n) is 3.98. The summed E-state index contributed by atoms with van der Waals surface area (Å²) in [7, 11) is 0. The number of carbonyl (C=O) groups is 1. The highest BCUT2D eigenvalue weighted by Gasteiger charge is 2.05. The van der Waals surface area contributed by atoms with E-state index in [1.807, 2.05) is 26.8 Å². The number of hydrogen-bond donors (Lipinski definition) is 0. The number of hydrogen-bond acceptors (Lipinski definition) is 2. The summed E-state index contributed by atoms with van der Waals surface area (Å²) >= 11 is 0. The molecule has 1 rings (SSSR count). The minimum absolute atomic E-state index is 0.0289. The van der Waals surface area contributed by atoms with Gasteiger partial charge in [0.25, 0.3) is 0 Å². The predicted octanol–water partition coefficient (Wildman–Crippen LogP) is 2.21. The zero-order valence-corrected chi connectivity index (χ0v) is 7.93. The topological polar surface area (TPSA) is 30.0 Å². The van der Waals surface area contributed by atoms with Gasteiger partial charge in [-0.05, 0) is 38.0 Å². The average Bonchev–Trinajstić information content (AvgIpc) is 1.99. The Bertz CT molecular complexity index is 306. The molecule has 12 heavy (non-hydrogen) atoms. The third-order valence-corrected chi connectivity index (χ3v) is 2.14. The summed E-state index contributed by atoms with van der Waals surface area (Å²) in [6, 6.07) is 1.84. The van der Waals surface area contributed by atoms with Crippen molar-refractivity contribution in [3.05, 3.63) is 28.6 Å². The number of nitrogens with zero attached hydrogens (tertiary/aromatic N) is 1. The van der Waals surface area contributed by atoms with Crippen LogP contribution in [0.25, 0.3) is 0 Å². The Kier molecular flexibility index (Phi) is 2.27. The second-order valence-corrected chi connectivity index (χ2v) is 3.09. The van der Waals surface area contributed by atoms with Crippen molar-refractivity contribution in [3.8, 4) is 0 Å². The van der Waals surface area contributed by atoms with Crippen LogP contribution in [0.15, 0.2) is 6.07 Å². The van der Waals surface area contributed by atoms with Crippen molar-refractivity contribution in [2.24, 2.45) is 0 Å². The van der Waals surface area contributed by atoms with Crippen LogP contribution in [-0.2, 0) is 0 Å². The van der Waals surface area contributed by atoms with Crippen LogP contribution in [0.3, 0.4) is 0 Å². The number of pyridine rings is 1. The van der Waals surface area contributed by atoms with E-state index in [9.17, 15) is 4.79 Å². The van der Waals surface area contributed by atoms with Crippen molar-refractivity contribution >= 4 is 5.78 Å². The summed E-state index contributed by atoms with van der Waals surface area (Å²) in [4.78, 5) is 15.2. The first kappa shape index (κ1) is 8.91. The molecule has 0 radical (unpaired) electrons. The van der Waals surface area contributed by atoms with Crippen molar-refractivity contribution in [1.82, 2.24) is 4.98 Å². The standard InChI is InChI=1S/C10H13NO/c1-6-5-10(9(4)12)11-8(3)7(6)2/h5H,1-4H3. The Labute approximate surface area is 72.6 Å². The van der Waals surface area contributed by atoms with E-state index in [0.717, 1.165) is 11.3 Å². The predicted molar refractivity (Wildman–Crippen MR) is 48.5 cm³/mol. The fourth-order valence-electron chi connectivity index (χ4n) is 1.08. The third kappa shape index (κ3) is 1.52. The molecule has 0 atom stereocenters. The minimum atomic E-state index is 0.0289. The number of Topliss-reactive ketones (excluding diaryl/α,β-unsaturated/α-hetero) is 1. The van der Waals surface area contributed by atoms with E-state index >= 15 is 0 Å². The Morgan fingerprint density at radius 2 is 1.92 bits per heavy atom. The smallest absolute Gasteiger partial charge is 0.178 e. The normalized spacial score (nSPS) is 10.0. The molecule has 0 saturated heterocycles. The van der Waals surface area contributed by atoms with Crippen molar-refractivity contribution in [2.45, 2.75) is 27.7 Å². The molecule has 2 heteroatoms. The molecule has 0 fully saturated rings. The molecule has 1 aromatic rings. The molecule has 0 unspecified atom stereocenters. The molecule has 0 amide bonds. The van der Waals surface area contributed by atoms with Crippen LogP contribution in [0.2, 0.25) is 0 Å². The molecule has 64 valence electrons. The van der Waals surface area contributed by atoms with Gasteiger partial charge in [-0.2, -0.15) is 0 Å². The molecule has 0 saturated carbocycles. The van der Waals surface area contributed by atoms with Gasteiger partial charge in [-0.3, -0.25) is 4.79 Å². The summed E-state index contributed by atoms with van der Waals surface area (Å²) in [6.45, 7) is 7.48. The molecule has 0 aliphatic heterocycles. The van der Waals surface area contributed by atoms with Crippen LogP contribution in [-0.4, -0.2) is 10.8 Å². The Morgan fingerprint density at radius 1 is 1.33 bits per heavy atom. The lowest BCUT2D eigenvalue weighted by molar-refractivity contribution is 0.101. The highest BCUT2D eigenvalue weighted by molar-refractivity contribution is 5.92. The first-order chi connectivity index (χ1) is 5.52. The number of aromatic nitrogens is 1. The van der Waals surface area contributed by atoms with Crippen LogP contribution in [0.1, 0.15) is 34.2 Å². The molecule has 0 bridgehead atoms. The van der Waals surface area contributed by atoms with E-state index in [1.54, 1.807) is 0 Å². The third-order valence-electron chi connectivity index (χ3n) is 2.14. The quantitative estimate of drug-likeness (QED) is 0.594. The Morgan fingerprint density at radius 3 is 2.33 bits per heavy atom. The van der Waals surface area contributed by atoms with E-state index in [1.165, 1.54) is 12.5 Å². The molecular formula is C10H13NO. The lowest BCUT2D eigenvalue weighted by Crippen LogP contribution is -2.01. The van der Waals surface area contributed by atoms with Crippen molar-refractivity contribution in [3.63, 3.8) is 0 Å². The monoisotopic (exact) mass is 163 g/mol. The Hall–Kier alpha value is -1.18. The molecular weight excluding hydrogens is 150 g/mol. The van der Waals surface area contributed by atoms with Gasteiger partial charge in [0.15, 0.2) is 5.78 Å². The van der Waals surface area contributed by atoms with Crippen molar-refractivity contribution < 1.29 is 4.79 Å². The van der Waals surface area contributed by atoms with Crippen LogP contribution in [0, 0.1) is 20.8 Å². The molecule has 0 spiro atoms. The lowest BCUT2D eigenvalue weighted by Gasteiger charge is -2.05. The largest absolute Gasteiger partial charge is 0.293 e. The van der Waals surface area contributed by atoms with Crippen LogP contribution < -0.4 is 0 Å². The van der Waals surface area contributed by atoms with Gasteiger partial charge in [0.05, 0.1) is 0 Å². The van der Waals surface area contributed by atoms with Gasteiger partial charge in [0, 0.05) is 12.6 Å². The molecule has 1 heterocycles. The number of carbonyl (C=O) groups excluding carboxylic acids is 1. The molecule has 0 aliphatic carbocycles. The SMILES string of the molecule is CC(=O)c1cc(C)c(C)c(C)n1.